The molecule has 2 aromatic rings. The molecule has 2 saturated heterocycles. The summed E-state index contributed by atoms with van der Waals surface area (Å²) in [5, 5.41) is 9.18. The first-order valence-corrected chi connectivity index (χ1v) is 9.44. The van der Waals surface area contributed by atoms with Gasteiger partial charge in [-0.15, -0.1) is 0 Å². The Hall–Kier alpha value is -2.13. The summed E-state index contributed by atoms with van der Waals surface area (Å²) in [5.41, 5.74) is -1.15. The molecule has 0 spiro atoms. The number of rotatable bonds is 2. The molecular weight excluding hydrogens is 366 g/mol. The molecule has 3 heterocycles. The Morgan fingerprint density at radius 3 is 2.57 bits per heavy atom. The quantitative estimate of drug-likeness (QED) is 0.794. The topological polar surface area (TPSA) is 85.0 Å². The van der Waals surface area contributed by atoms with Crippen LogP contribution >= 0.6 is 0 Å². The molecule has 9 heteroatoms. The number of likely N-dealkylation sites (tertiary alicyclic amines) is 1. The molecule has 1 unspecified atom stereocenters. The number of fused-ring (bicyclic) bond motifs is 1. The average molecular weight is 390 g/mol. The van der Waals surface area contributed by atoms with E-state index in [0.717, 1.165) is 10.4 Å². The minimum absolute atomic E-state index is 0.0838. The lowest BCUT2D eigenvalue weighted by Crippen LogP contribution is -2.46. The van der Waals surface area contributed by atoms with E-state index in [0.29, 0.717) is 24.1 Å². The van der Waals surface area contributed by atoms with Crippen LogP contribution in [-0.2, 0) is 15.0 Å². The molecule has 1 amide bonds. The highest BCUT2D eigenvalue weighted by Gasteiger charge is 2.52. The summed E-state index contributed by atoms with van der Waals surface area (Å²) in [5.74, 6) is -0.0838. The third-order valence-corrected chi connectivity index (χ3v) is 6.03. The standard InChI is InChI=1S/C19H24BFN2O5/c1-17(2)18(3,4)28-20(27-17)12-6-7-14-13(10-12)22-15(26-14)19(21)8-5-9-23(11-19)16(24)25/h6-7,10H,5,8-9,11H2,1-4H3,(H,24,25). The number of piperidine rings is 1. The molecule has 2 aliphatic rings. The Morgan fingerprint density at radius 1 is 1.25 bits per heavy atom. The van der Waals surface area contributed by atoms with Gasteiger partial charge in [0, 0.05) is 6.54 Å². The van der Waals surface area contributed by atoms with E-state index in [1.165, 1.54) is 0 Å². The van der Waals surface area contributed by atoms with E-state index >= 15 is 4.39 Å². The zero-order valence-corrected chi connectivity index (χ0v) is 16.5. The van der Waals surface area contributed by atoms with Crippen molar-refractivity contribution in [1.29, 1.82) is 0 Å². The molecule has 0 bridgehead atoms. The predicted molar refractivity (Wildman–Crippen MR) is 101 cm³/mol. The van der Waals surface area contributed by atoms with Crippen molar-refractivity contribution in [3.63, 3.8) is 0 Å². The van der Waals surface area contributed by atoms with Gasteiger partial charge in [-0.3, -0.25) is 0 Å². The van der Waals surface area contributed by atoms with Gasteiger partial charge in [0.25, 0.3) is 0 Å². The first-order chi connectivity index (χ1) is 13.0. The highest BCUT2D eigenvalue weighted by Crippen LogP contribution is 2.38. The van der Waals surface area contributed by atoms with E-state index in [4.69, 9.17) is 13.7 Å². The van der Waals surface area contributed by atoms with Crippen molar-refractivity contribution < 1.29 is 28.0 Å². The fraction of sp³-hybridized carbons (Fsp3) is 0.579. The van der Waals surface area contributed by atoms with Gasteiger partial charge in [0.1, 0.15) is 5.52 Å². The maximum Gasteiger partial charge on any atom is 0.494 e. The third-order valence-electron chi connectivity index (χ3n) is 6.03. The molecule has 0 radical (unpaired) electrons. The molecule has 1 atom stereocenters. The first kappa shape index (κ1) is 19.2. The number of hydrogen-bond acceptors (Lipinski definition) is 5. The number of hydrogen-bond donors (Lipinski definition) is 1. The second kappa shape index (κ2) is 6.19. The second-order valence-electron chi connectivity index (χ2n) is 8.61. The van der Waals surface area contributed by atoms with Gasteiger partial charge in [-0.25, -0.2) is 14.2 Å². The third kappa shape index (κ3) is 3.06. The number of aromatic nitrogens is 1. The summed E-state index contributed by atoms with van der Waals surface area (Å²) >= 11 is 0. The van der Waals surface area contributed by atoms with Crippen LogP contribution in [-0.4, -0.2) is 52.5 Å². The van der Waals surface area contributed by atoms with Crippen LogP contribution in [0.15, 0.2) is 22.6 Å². The summed E-state index contributed by atoms with van der Waals surface area (Å²) in [6.07, 6.45) is -0.546. The zero-order valence-electron chi connectivity index (χ0n) is 16.5. The lowest BCUT2D eigenvalue weighted by molar-refractivity contribution is 0.00578. The average Bonchev–Trinajstić information content (AvgIpc) is 3.13. The summed E-state index contributed by atoms with van der Waals surface area (Å²) in [6, 6.07) is 5.30. The molecule has 1 N–H and O–H groups in total. The van der Waals surface area contributed by atoms with E-state index in [1.54, 1.807) is 12.1 Å². The maximum absolute atomic E-state index is 15.4. The highest BCUT2D eigenvalue weighted by atomic mass is 19.1. The van der Waals surface area contributed by atoms with Gasteiger partial charge < -0.3 is 23.7 Å². The maximum atomic E-state index is 15.4. The monoisotopic (exact) mass is 390 g/mol. The molecule has 2 aliphatic heterocycles. The molecular formula is C19H24BFN2O5. The number of amides is 1. The molecule has 1 aromatic carbocycles. The number of carbonyl (C=O) groups is 1. The zero-order chi connectivity index (χ0) is 20.3. The van der Waals surface area contributed by atoms with Crippen LogP contribution in [0.25, 0.3) is 11.1 Å². The fourth-order valence-corrected chi connectivity index (χ4v) is 3.61. The Balaban J connectivity index is 1.63. The molecule has 7 nitrogen and oxygen atoms in total. The van der Waals surface area contributed by atoms with Crippen LogP contribution in [0.4, 0.5) is 9.18 Å². The molecule has 1 aromatic heterocycles. The van der Waals surface area contributed by atoms with Crippen LogP contribution in [0.1, 0.15) is 46.4 Å². The van der Waals surface area contributed by atoms with Gasteiger partial charge in [0.15, 0.2) is 5.58 Å². The largest absolute Gasteiger partial charge is 0.494 e. The van der Waals surface area contributed by atoms with Crippen LogP contribution < -0.4 is 5.46 Å². The minimum atomic E-state index is -1.93. The molecule has 2 fully saturated rings. The van der Waals surface area contributed by atoms with Gasteiger partial charge in [-0.2, -0.15) is 0 Å². The summed E-state index contributed by atoms with van der Waals surface area (Å²) < 4.78 is 33.2. The van der Waals surface area contributed by atoms with Gasteiger partial charge >= 0.3 is 13.2 Å². The van der Waals surface area contributed by atoms with Crippen molar-refractivity contribution in [3.05, 3.63) is 24.1 Å². The number of halogens is 1. The predicted octanol–water partition coefficient (Wildman–Crippen LogP) is 3.07. The van der Waals surface area contributed by atoms with Crippen molar-refractivity contribution in [1.82, 2.24) is 9.88 Å². The lowest BCUT2D eigenvalue weighted by atomic mass is 9.79. The van der Waals surface area contributed by atoms with Gasteiger partial charge in [-0.05, 0) is 58.1 Å². The van der Waals surface area contributed by atoms with Crippen molar-refractivity contribution in [2.45, 2.75) is 57.4 Å². The molecule has 28 heavy (non-hydrogen) atoms. The highest BCUT2D eigenvalue weighted by molar-refractivity contribution is 6.62. The second-order valence-corrected chi connectivity index (χ2v) is 8.61. The van der Waals surface area contributed by atoms with E-state index in [9.17, 15) is 9.90 Å². The lowest BCUT2D eigenvalue weighted by Gasteiger charge is -2.33. The number of carboxylic acid groups (broad SMARTS) is 1. The Labute approximate surface area is 162 Å². The first-order valence-electron chi connectivity index (χ1n) is 9.44. The number of nitrogens with zero attached hydrogens (tertiary/aromatic N) is 2. The molecule has 150 valence electrons. The molecule has 4 rings (SSSR count). The van der Waals surface area contributed by atoms with Crippen molar-refractivity contribution in [2.75, 3.05) is 13.1 Å². The van der Waals surface area contributed by atoms with E-state index in [-0.39, 0.29) is 18.9 Å². The molecule has 0 saturated carbocycles. The van der Waals surface area contributed by atoms with E-state index in [1.807, 2.05) is 33.8 Å². The van der Waals surface area contributed by atoms with Crippen molar-refractivity contribution in [3.8, 4) is 0 Å². The number of alkyl halides is 1. The van der Waals surface area contributed by atoms with E-state index in [2.05, 4.69) is 4.98 Å². The van der Waals surface area contributed by atoms with Gasteiger partial charge in [0.05, 0.1) is 17.7 Å². The summed E-state index contributed by atoms with van der Waals surface area (Å²) in [4.78, 5) is 16.6. The Bertz CT molecular complexity index is 914. The van der Waals surface area contributed by atoms with Crippen LogP contribution in [0, 0.1) is 0 Å². The van der Waals surface area contributed by atoms with Crippen LogP contribution in [0.3, 0.4) is 0 Å². The van der Waals surface area contributed by atoms with Crippen molar-refractivity contribution >= 4 is 29.8 Å². The number of oxazole rings is 1. The smallest absolute Gasteiger partial charge is 0.465 e. The van der Waals surface area contributed by atoms with Crippen LogP contribution in [0.5, 0.6) is 0 Å². The Kier molecular flexibility index (Phi) is 4.24. The SMILES string of the molecule is CC1(C)OB(c2ccc3oc(C4(F)CCCN(C(=O)O)C4)nc3c2)OC1(C)C. The normalized spacial score (nSPS) is 26.8. The fourth-order valence-electron chi connectivity index (χ4n) is 3.61. The summed E-state index contributed by atoms with van der Waals surface area (Å²) in [6.45, 7) is 7.94. The van der Waals surface area contributed by atoms with Crippen molar-refractivity contribution in [2.24, 2.45) is 0 Å². The van der Waals surface area contributed by atoms with Crippen LogP contribution in [0.2, 0.25) is 0 Å². The number of benzene rings is 1. The minimum Gasteiger partial charge on any atom is -0.465 e. The van der Waals surface area contributed by atoms with Gasteiger partial charge in [0.2, 0.25) is 11.6 Å². The molecule has 0 aliphatic carbocycles. The van der Waals surface area contributed by atoms with E-state index < -0.39 is 30.1 Å². The summed E-state index contributed by atoms with van der Waals surface area (Å²) in [7, 11) is -0.550. The Morgan fingerprint density at radius 2 is 1.93 bits per heavy atom. The van der Waals surface area contributed by atoms with Gasteiger partial charge in [-0.1, -0.05) is 6.07 Å².